The first kappa shape index (κ1) is 22.6. The summed E-state index contributed by atoms with van der Waals surface area (Å²) in [5, 5.41) is 6.39. The molecule has 1 aliphatic heterocycles. The molecule has 0 aliphatic carbocycles. The summed E-state index contributed by atoms with van der Waals surface area (Å²) in [5.41, 5.74) is 1.34. The molecule has 0 bridgehead atoms. The number of carbonyl (C=O) groups excluding carboxylic acids is 1. The number of ether oxygens (including phenoxy) is 1. The van der Waals surface area contributed by atoms with Crippen LogP contribution in [0.4, 0.5) is 26.0 Å². The number of nitrogens with zero attached hydrogens (tertiary/aromatic N) is 3. The van der Waals surface area contributed by atoms with Crippen molar-refractivity contribution in [2.45, 2.75) is 19.3 Å². The molecular formula is C24H25F2N5O2. The molecule has 1 fully saturated rings. The summed E-state index contributed by atoms with van der Waals surface area (Å²) < 4.78 is 32.3. The van der Waals surface area contributed by atoms with E-state index in [0.29, 0.717) is 33.8 Å². The second-order valence-electron chi connectivity index (χ2n) is 7.80. The molecule has 1 aliphatic rings. The lowest BCUT2D eigenvalue weighted by atomic mass is 10.1. The molecule has 172 valence electrons. The van der Waals surface area contributed by atoms with Crippen LogP contribution in [0, 0.1) is 11.6 Å². The highest BCUT2D eigenvalue weighted by Crippen LogP contribution is 2.33. The van der Waals surface area contributed by atoms with Crippen LogP contribution in [-0.2, 0) is 4.79 Å². The maximum Gasteiger partial charge on any atom is 0.248 e. The van der Waals surface area contributed by atoms with Gasteiger partial charge in [0.05, 0.1) is 18.3 Å². The number of anilines is 3. The Morgan fingerprint density at radius 3 is 2.70 bits per heavy atom. The quantitative estimate of drug-likeness (QED) is 0.508. The first-order chi connectivity index (χ1) is 16.0. The van der Waals surface area contributed by atoms with Crippen molar-refractivity contribution in [1.82, 2.24) is 14.9 Å². The van der Waals surface area contributed by atoms with Crippen molar-refractivity contribution >= 4 is 34.0 Å². The van der Waals surface area contributed by atoms with Crippen LogP contribution in [0.2, 0.25) is 0 Å². The average Bonchev–Trinajstić information content (AvgIpc) is 2.82. The number of benzene rings is 2. The van der Waals surface area contributed by atoms with Gasteiger partial charge in [0.15, 0.2) is 11.6 Å². The molecule has 2 heterocycles. The molecule has 1 aromatic heterocycles. The van der Waals surface area contributed by atoms with Crippen LogP contribution in [0.25, 0.3) is 10.9 Å². The highest BCUT2D eigenvalue weighted by atomic mass is 19.2. The second-order valence-corrected chi connectivity index (χ2v) is 7.80. The van der Waals surface area contributed by atoms with Gasteiger partial charge in [0.1, 0.15) is 17.9 Å². The van der Waals surface area contributed by atoms with Crippen LogP contribution >= 0.6 is 0 Å². The normalized spacial score (nSPS) is 14.5. The van der Waals surface area contributed by atoms with Crippen molar-refractivity contribution in [2.24, 2.45) is 0 Å². The van der Waals surface area contributed by atoms with Gasteiger partial charge in [-0.05, 0) is 44.1 Å². The molecule has 9 heteroatoms. The molecule has 1 amide bonds. The van der Waals surface area contributed by atoms with Gasteiger partial charge in [0.25, 0.3) is 0 Å². The van der Waals surface area contributed by atoms with Crippen LogP contribution < -0.4 is 15.4 Å². The highest BCUT2D eigenvalue weighted by Gasteiger charge is 2.13. The van der Waals surface area contributed by atoms with E-state index in [1.165, 1.54) is 44.8 Å². The molecule has 1 saturated heterocycles. The molecule has 0 saturated carbocycles. The number of carbonyl (C=O) groups is 1. The van der Waals surface area contributed by atoms with Crippen LogP contribution in [0.5, 0.6) is 5.75 Å². The number of rotatable bonds is 7. The Morgan fingerprint density at radius 2 is 1.94 bits per heavy atom. The Balaban J connectivity index is 1.55. The Hall–Kier alpha value is -3.59. The average molecular weight is 453 g/mol. The van der Waals surface area contributed by atoms with Gasteiger partial charge in [-0.25, -0.2) is 18.7 Å². The van der Waals surface area contributed by atoms with E-state index in [1.54, 1.807) is 12.1 Å². The summed E-state index contributed by atoms with van der Waals surface area (Å²) in [7, 11) is 1.50. The van der Waals surface area contributed by atoms with E-state index in [1.807, 2.05) is 6.08 Å². The van der Waals surface area contributed by atoms with Gasteiger partial charge in [0.2, 0.25) is 5.91 Å². The lowest BCUT2D eigenvalue weighted by Crippen LogP contribution is -2.29. The first-order valence-electron chi connectivity index (χ1n) is 10.8. The SMILES string of the molecule is COc1cc2ncnc(Nc3ccc(F)c(F)c3)c2cc1NC(=O)/C=C/CN1CCCCC1. The van der Waals surface area contributed by atoms with Crippen molar-refractivity contribution < 1.29 is 18.3 Å². The lowest BCUT2D eigenvalue weighted by molar-refractivity contribution is -0.111. The molecule has 3 aromatic rings. The van der Waals surface area contributed by atoms with Gasteiger partial charge in [-0.2, -0.15) is 0 Å². The zero-order chi connectivity index (χ0) is 23.2. The van der Waals surface area contributed by atoms with Crippen molar-refractivity contribution in [3.63, 3.8) is 0 Å². The molecule has 0 spiro atoms. The molecule has 0 atom stereocenters. The van der Waals surface area contributed by atoms with E-state index >= 15 is 0 Å². The molecule has 33 heavy (non-hydrogen) atoms. The zero-order valence-corrected chi connectivity index (χ0v) is 18.3. The fourth-order valence-corrected chi connectivity index (χ4v) is 3.79. The number of halogens is 2. The summed E-state index contributed by atoms with van der Waals surface area (Å²) in [6, 6.07) is 6.85. The van der Waals surface area contributed by atoms with Crippen molar-refractivity contribution in [1.29, 1.82) is 0 Å². The summed E-state index contributed by atoms with van der Waals surface area (Å²) in [4.78, 5) is 23.3. The Labute approximate surface area is 190 Å². The van der Waals surface area contributed by atoms with Crippen LogP contribution in [0.1, 0.15) is 19.3 Å². The molecular weight excluding hydrogens is 428 g/mol. The monoisotopic (exact) mass is 453 g/mol. The van der Waals surface area contributed by atoms with Gasteiger partial charge >= 0.3 is 0 Å². The van der Waals surface area contributed by atoms with Crippen molar-refractivity contribution in [3.8, 4) is 5.75 Å². The minimum absolute atomic E-state index is 0.281. The number of aromatic nitrogens is 2. The summed E-state index contributed by atoms with van der Waals surface area (Å²) in [6.45, 7) is 2.84. The van der Waals surface area contributed by atoms with E-state index in [-0.39, 0.29) is 5.91 Å². The van der Waals surface area contributed by atoms with Crippen molar-refractivity contribution in [3.05, 3.63) is 60.4 Å². The Kier molecular flexibility index (Phi) is 7.09. The Bertz CT molecular complexity index is 1180. The molecule has 2 N–H and O–H groups in total. The number of methoxy groups -OCH3 is 1. The molecule has 0 radical (unpaired) electrons. The minimum Gasteiger partial charge on any atom is -0.494 e. The summed E-state index contributed by atoms with van der Waals surface area (Å²) in [6.07, 6.45) is 8.37. The Morgan fingerprint density at radius 1 is 1.12 bits per heavy atom. The zero-order valence-electron chi connectivity index (χ0n) is 18.3. The lowest BCUT2D eigenvalue weighted by Gasteiger charge is -2.24. The van der Waals surface area contributed by atoms with Gasteiger partial charge < -0.3 is 15.4 Å². The molecule has 4 rings (SSSR count). The van der Waals surface area contributed by atoms with Gasteiger partial charge in [0, 0.05) is 35.8 Å². The van der Waals surface area contributed by atoms with Crippen LogP contribution in [0.3, 0.4) is 0 Å². The second kappa shape index (κ2) is 10.4. The number of hydrogen-bond donors (Lipinski definition) is 2. The van der Waals surface area contributed by atoms with E-state index in [0.717, 1.165) is 31.8 Å². The third-order valence-corrected chi connectivity index (χ3v) is 5.48. The summed E-state index contributed by atoms with van der Waals surface area (Å²) >= 11 is 0. The topological polar surface area (TPSA) is 79.4 Å². The predicted octanol–water partition coefficient (Wildman–Crippen LogP) is 4.64. The van der Waals surface area contributed by atoms with E-state index in [4.69, 9.17) is 4.74 Å². The maximum absolute atomic E-state index is 13.6. The number of piperidine rings is 1. The van der Waals surface area contributed by atoms with Crippen molar-refractivity contribution in [2.75, 3.05) is 37.4 Å². The smallest absolute Gasteiger partial charge is 0.248 e. The van der Waals surface area contributed by atoms with E-state index in [9.17, 15) is 13.6 Å². The van der Waals surface area contributed by atoms with E-state index in [2.05, 4.69) is 25.5 Å². The first-order valence-corrected chi connectivity index (χ1v) is 10.8. The maximum atomic E-state index is 13.6. The van der Waals surface area contributed by atoms with Gasteiger partial charge in [-0.3, -0.25) is 9.69 Å². The fourth-order valence-electron chi connectivity index (χ4n) is 3.79. The predicted molar refractivity (Wildman–Crippen MR) is 124 cm³/mol. The van der Waals surface area contributed by atoms with Crippen LogP contribution in [0.15, 0.2) is 48.8 Å². The number of fused-ring (bicyclic) bond motifs is 1. The number of likely N-dealkylation sites (tertiary alicyclic amines) is 1. The molecule has 7 nitrogen and oxygen atoms in total. The molecule has 2 aromatic carbocycles. The molecule has 0 unspecified atom stereocenters. The van der Waals surface area contributed by atoms with Crippen LogP contribution in [-0.4, -0.2) is 47.5 Å². The fraction of sp³-hybridized carbons (Fsp3) is 0.292. The van der Waals surface area contributed by atoms with Gasteiger partial charge in [-0.1, -0.05) is 12.5 Å². The van der Waals surface area contributed by atoms with E-state index < -0.39 is 11.6 Å². The standard InChI is InChI=1S/C24H25F2N5O2/c1-33-22-14-20-17(24(28-15-27-20)29-16-7-8-18(25)19(26)12-16)13-21(22)30-23(32)6-5-11-31-9-3-2-4-10-31/h5-8,12-15H,2-4,9-11H2,1H3,(H,30,32)(H,27,28,29)/b6-5+. The number of hydrogen-bond acceptors (Lipinski definition) is 6. The number of amides is 1. The largest absolute Gasteiger partial charge is 0.494 e. The third-order valence-electron chi connectivity index (χ3n) is 5.48. The minimum atomic E-state index is -0.968. The highest BCUT2D eigenvalue weighted by molar-refractivity contribution is 6.03. The van der Waals surface area contributed by atoms with Gasteiger partial charge in [-0.15, -0.1) is 0 Å². The number of nitrogens with one attached hydrogen (secondary N) is 2. The third kappa shape index (κ3) is 5.61. The summed E-state index contributed by atoms with van der Waals surface area (Å²) in [5.74, 6) is -1.36.